The Morgan fingerprint density at radius 2 is 1.59 bits per heavy atom. The van der Waals surface area contributed by atoms with Gasteiger partial charge in [-0.1, -0.05) is 34.6 Å². The predicted octanol–water partition coefficient (Wildman–Crippen LogP) is 3.94. The van der Waals surface area contributed by atoms with Crippen molar-refractivity contribution in [2.24, 2.45) is 10.8 Å². The van der Waals surface area contributed by atoms with E-state index in [9.17, 15) is 19.2 Å². The van der Waals surface area contributed by atoms with E-state index in [0.29, 0.717) is 18.6 Å². The summed E-state index contributed by atoms with van der Waals surface area (Å²) in [7, 11) is 1.74. The van der Waals surface area contributed by atoms with Gasteiger partial charge in [0.1, 0.15) is 5.78 Å². The number of nitrogens with zero attached hydrogens (tertiary/aromatic N) is 1. The summed E-state index contributed by atoms with van der Waals surface area (Å²) in [5, 5.41) is 5.72. The molecule has 1 heterocycles. The van der Waals surface area contributed by atoms with Crippen LogP contribution in [0.5, 0.6) is 0 Å². The average Bonchev–Trinajstić information content (AvgIpc) is 2.89. The summed E-state index contributed by atoms with van der Waals surface area (Å²) < 4.78 is 0. The number of Topliss-reactive ketones (excluding diaryl/α,β-unsaturated/α-hetero) is 1. The van der Waals surface area contributed by atoms with Crippen LogP contribution >= 0.6 is 11.8 Å². The fourth-order valence-electron chi connectivity index (χ4n) is 5.34. The van der Waals surface area contributed by atoms with Gasteiger partial charge in [0.25, 0.3) is 0 Å². The standard InChI is InChI=1S/C26H47N3O4S/c1-17(30)18(27-11)12-13-34-19-14-20(31)29(21(19)32)26(9,10)16-24(5,6)22(33)28-25(7,8)15-23(2,3)4/h18-19,27H,12-16H2,1-11H3,(H,28,33). The summed E-state index contributed by atoms with van der Waals surface area (Å²) in [6.07, 6.45) is 1.95. The summed E-state index contributed by atoms with van der Waals surface area (Å²) in [6.45, 7) is 19.5. The van der Waals surface area contributed by atoms with Gasteiger partial charge >= 0.3 is 0 Å². The van der Waals surface area contributed by atoms with Gasteiger partial charge in [-0.15, -0.1) is 11.8 Å². The third-order valence-electron chi connectivity index (χ3n) is 6.19. The van der Waals surface area contributed by atoms with Crippen molar-refractivity contribution in [3.63, 3.8) is 0 Å². The minimum Gasteiger partial charge on any atom is -0.351 e. The molecule has 1 aliphatic rings. The van der Waals surface area contributed by atoms with Crippen LogP contribution in [0, 0.1) is 10.8 Å². The number of rotatable bonds is 12. The van der Waals surface area contributed by atoms with E-state index in [1.807, 2.05) is 41.5 Å². The molecule has 8 heteroatoms. The first-order chi connectivity index (χ1) is 15.2. The number of hydrogen-bond acceptors (Lipinski definition) is 6. The van der Waals surface area contributed by atoms with Crippen LogP contribution in [-0.4, -0.2) is 63.6 Å². The van der Waals surface area contributed by atoms with E-state index in [0.717, 1.165) is 6.42 Å². The Hall–Kier alpha value is -1.41. The molecule has 34 heavy (non-hydrogen) atoms. The van der Waals surface area contributed by atoms with Gasteiger partial charge < -0.3 is 10.6 Å². The number of nitrogens with one attached hydrogen (secondary N) is 2. The molecule has 0 aliphatic carbocycles. The Morgan fingerprint density at radius 1 is 1.03 bits per heavy atom. The number of carbonyl (C=O) groups excluding carboxylic acids is 4. The SMILES string of the molecule is CNC(CCSC1CC(=O)N(C(C)(C)CC(C)(C)C(=O)NC(C)(C)CC(C)(C)C)C1=O)C(C)=O. The number of ketones is 1. The molecule has 0 aromatic heterocycles. The van der Waals surface area contributed by atoms with E-state index in [1.54, 1.807) is 14.0 Å². The van der Waals surface area contributed by atoms with E-state index < -0.39 is 16.2 Å². The summed E-state index contributed by atoms with van der Waals surface area (Å²) in [4.78, 5) is 52.3. The molecule has 1 saturated heterocycles. The van der Waals surface area contributed by atoms with Gasteiger partial charge in [-0.3, -0.25) is 24.1 Å². The van der Waals surface area contributed by atoms with Crippen LogP contribution in [0.1, 0.15) is 94.9 Å². The zero-order valence-corrected chi connectivity index (χ0v) is 24.0. The van der Waals surface area contributed by atoms with Crippen molar-refractivity contribution < 1.29 is 19.2 Å². The molecule has 0 saturated carbocycles. The number of likely N-dealkylation sites (N-methyl/N-ethyl adjacent to an activating group) is 1. The number of hydrogen-bond donors (Lipinski definition) is 2. The lowest BCUT2D eigenvalue weighted by Gasteiger charge is -2.41. The van der Waals surface area contributed by atoms with Gasteiger partial charge in [0.05, 0.1) is 11.3 Å². The molecule has 0 aromatic carbocycles. The topological polar surface area (TPSA) is 95.6 Å². The molecule has 2 N–H and O–H groups in total. The highest BCUT2D eigenvalue weighted by molar-refractivity contribution is 8.00. The van der Waals surface area contributed by atoms with Crippen molar-refractivity contribution >= 4 is 35.3 Å². The van der Waals surface area contributed by atoms with Gasteiger partial charge in [-0.2, -0.15) is 0 Å². The van der Waals surface area contributed by atoms with Crippen molar-refractivity contribution in [2.75, 3.05) is 12.8 Å². The molecule has 0 radical (unpaired) electrons. The molecule has 196 valence electrons. The molecule has 0 aromatic rings. The lowest BCUT2D eigenvalue weighted by molar-refractivity contribution is -0.148. The normalized spacial score (nSPS) is 18.9. The van der Waals surface area contributed by atoms with E-state index in [-0.39, 0.29) is 46.9 Å². The van der Waals surface area contributed by atoms with E-state index in [4.69, 9.17) is 0 Å². The second kappa shape index (κ2) is 11.1. The minimum atomic E-state index is -0.800. The van der Waals surface area contributed by atoms with Crippen LogP contribution in [0.25, 0.3) is 0 Å². The monoisotopic (exact) mass is 497 g/mol. The van der Waals surface area contributed by atoms with Gasteiger partial charge in [0, 0.05) is 22.9 Å². The Kier molecular flexibility index (Phi) is 10.0. The van der Waals surface area contributed by atoms with E-state index in [2.05, 4.69) is 31.4 Å². The molecule has 1 fully saturated rings. The van der Waals surface area contributed by atoms with Gasteiger partial charge in [-0.05, 0) is 72.1 Å². The fraction of sp³-hybridized carbons (Fsp3) is 0.846. The van der Waals surface area contributed by atoms with Crippen molar-refractivity contribution in [2.45, 2.75) is 117 Å². The van der Waals surface area contributed by atoms with Crippen molar-refractivity contribution in [1.82, 2.24) is 15.5 Å². The molecule has 0 spiro atoms. The predicted molar refractivity (Wildman–Crippen MR) is 140 cm³/mol. The Labute approximate surface area is 210 Å². The second-order valence-electron chi connectivity index (χ2n) is 12.8. The first-order valence-corrected chi connectivity index (χ1v) is 13.3. The number of likely N-dealkylation sites (tertiary alicyclic amines) is 1. The molecule has 1 rings (SSSR count). The molecule has 2 atom stereocenters. The number of carbonyl (C=O) groups is 4. The van der Waals surface area contributed by atoms with Crippen LogP contribution in [0.2, 0.25) is 0 Å². The Balaban J connectivity index is 2.86. The Bertz CT molecular complexity index is 783. The maximum atomic E-state index is 13.2. The lowest BCUT2D eigenvalue weighted by atomic mass is 9.76. The number of imide groups is 1. The smallest absolute Gasteiger partial charge is 0.243 e. The highest BCUT2D eigenvalue weighted by Gasteiger charge is 2.49. The highest BCUT2D eigenvalue weighted by atomic mass is 32.2. The molecular formula is C26H47N3O4S. The zero-order valence-electron chi connectivity index (χ0n) is 23.2. The molecule has 3 amide bonds. The van der Waals surface area contributed by atoms with Crippen molar-refractivity contribution in [1.29, 1.82) is 0 Å². The van der Waals surface area contributed by atoms with Gasteiger partial charge in [0.2, 0.25) is 17.7 Å². The number of amides is 3. The van der Waals surface area contributed by atoms with Crippen LogP contribution in [-0.2, 0) is 19.2 Å². The first kappa shape index (κ1) is 30.6. The summed E-state index contributed by atoms with van der Waals surface area (Å²) >= 11 is 1.43. The van der Waals surface area contributed by atoms with Crippen LogP contribution in [0.3, 0.4) is 0 Å². The van der Waals surface area contributed by atoms with Crippen molar-refractivity contribution in [3.05, 3.63) is 0 Å². The fourth-order valence-corrected chi connectivity index (χ4v) is 6.50. The summed E-state index contributed by atoms with van der Waals surface area (Å²) in [5.74, 6) is 0.189. The summed E-state index contributed by atoms with van der Waals surface area (Å²) in [5.41, 5.74) is -1.88. The number of thioether (sulfide) groups is 1. The van der Waals surface area contributed by atoms with Crippen molar-refractivity contribution in [3.8, 4) is 0 Å². The molecule has 1 aliphatic heterocycles. The second-order valence-corrected chi connectivity index (χ2v) is 14.1. The van der Waals surface area contributed by atoms with E-state index >= 15 is 0 Å². The summed E-state index contributed by atoms with van der Waals surface area (Å²) in [6, 6.07) is -0.242. The average molecular weight is 498 g/mol. The quantitative estimate of drug-likeness (QED) is 0.397. The third kappa shape index (κ3) is 8.67. The molecular weight excluding hydrogens is 450 g/mol. The lowest BCUT2D eigenvalue weighted by Crippen LogP contribution is -2.55. The molecule has 2 unspecified atom stereocenters. The maximum absolute atomic E-state index is 13.2. The maximum Gasteiger partial charge on any atom is 0.243 e. The molecule has 7 nitrogen and oxygen atoms in total. The van der Waals surface area contributed by atoms with Crippen LogP contribution in [0.4, 0.5) is 0 Å². The van der Waals surface area contributed by atoms with Crippen LogP contribution < -0.4 is 10.6 Å². The molecule has 0 bridgehead atoms. The van der Waals surface area contributed by atoms with Gasteiger partial charge in [0.15, 0.2) is 0 Å². The highest BCUT2D eigenvalue weighted by Crippen LogP contribution is 2.38. The minimum absolute atomic E-state index is 0.0610. The largest absolute Gasteiger partial charge is 0.351 e. The Morgan fingerprint density at radius 3 is 2.06 bits per heavy atom. The van der Waals surface area contributed by atoms with E-state index in [1.165, 1.54) is 16.7 Å². The first-order valence-electron chi connectivity index (χ1n) is 12.2. The third-order valence-corrected chi connectivity index (χ3v) is 7.43. The van der Waals surface area contributed by atoms with Gasteiger partial charge in [-0.25, -0.2) is 0 Å². The zero-order chi connectivity index (χ0) is 26.7. The van der Waals surface area contributed by atoms with Crippen LogP contribution in [0.15, 0.2) is 0 Å².